The summed E-state index contributed by atoms with van der Waals surface area (Å²) < 4.78 is 45.3. The number of nitrogen functional groups attached to an aromatic ring is 2. The first-order chi connectivity index (χ1) is 21.4. The molecule has 0 aliphatic carbocycles. The molecule has 4 aromatic heterocycles. The lowest BCUT2D eigenvalue weighted by molar-refractivity contribution is -0.0648. The number of nitrogens with two attached hydrogens (primary N) is 2. The number of phosphoric acid groups is 1. The van der Waals surface area contributed by atoms with Crippen LogP contribution in [0.2, 0.25) is 0 Å². The lowest BCUT2D eigenvalue weighted by Crippen LogP contribution is -2.36. The molecule has 2 fully saturated rings. The Labute approximate surface area is 250 Å². The van der Waals surface area contributed by atoms with Gasteiger partial charge in [-0.3, -0.25) is 23.4 Å². The Morgan fingerprint density at radius 2 is 1.80 bits per heavy atom. The molecule has 25 heteroatoms. The Balaban J connectivity index is 0.00000128. The van der Waals surface area contributed by atoms with E-state index in [0.29, 0.717) is 5.52 Å². The van der Waals surface area contributed by atoms with E-state index >= 15 is 0 Å². The second kappa shape index (κ2) is 13.0. The predicted octanol–water partition coefficient (Wildman–Crippen LogP) is -3.32. The van der Waals surface area contributed by atoms with E-state index in [9.17, 15) is 34.7 Å². The maximum absolute atomic E-state index is 13.0. The molecule has 0 radical (unpaired) electrons. The number of ether oxygens (including phenoxy) is 2. The second-order valence-corrected chi connectivity index (χ2v) is 11.1. The number of rotatable bonds is 8. The Morgan fingerprint density at radius 3 is 2.51 bits per heavy atom. The molecule has 2 aliphatic rings. The van der Waals surface area contributed by atoms with E-state index in [1.807, 2.05) is 0 Å². The maximum Gasteiger partial charge on any atom is 0.472 e. The van der Waals surface area contributed by atoms with Crippen molar-refractivity contribution in [3.8, 4) is 0 Å². The first-order valence-corrected chi connectivity index (χ1v) is 14.9. The van der Waals surface area contributed by atoms with E-state index in [1.54, 1.807) is 0 Å². The van der Waals surface area contributed by atoms with Crippen molar-refractivity contribution in [1.82, 2.24) is 39.5 Å². The van der Waals surface area contributed by atoms with Gasteiger partial charge in [-0.1, -0.05) is 5.21 Å². The van der Waals surface area contributed by atoms with Crippen LogP contribution in [0.4, 0.5) is 11.8 Å². The first-order valence-electron chi connectivity index (χ1n) is 12.7. The van der Waals surface area contributed by atoms with Gasteiger partial charge in [-0.25, -0.2) is 23.8 Å². The SMILES string of the molecule is Nc1nc2c(ncn2[C@@H]2O[C@H](CO)[C@@H](O)[C@H]2OP(=O)(O)OC[C@H]2O[C@@H](n3nnc4c(N)nccc43)[C@H](O)[C@@H]2O)c(=O)[nH]1.O=PO. The molecule has 0 aromatic carbocycles. The Kier molecular flexibility index (Phi) is 9.51. The predicted molar refractivity (Wildman–Crippen MR) is 146 cm³/mol. The third kappa shape index (κ3) is 6.29. The topological polar surface area (TPSA) is 352 Å². The number of phosphoric ester groups is 1. The zero-order valence-electron chi connectivity index (χ0n) is 22.5. The molecule has 6 rings (SSSR count). The van der Waals surface area contributed by atoms with Gasteiger partial charge in [0.05, 0.1) is 25.1 Å². The number of aliphatic hydroxyl groups is 4. The highest BCUT2D eigenvalue weighted by molar-refractivity contribution is 7.47. The van der Waals surface area contributed by atoms with Crippen LogP contribution in [-0.4, -0.2) is 120 Å². The van der Waals surface area contributed by atoms with Crippen LogP contribution in [0.1, 0.15) is 12.5 Å². The fourth-order valence-electron chi connectivity index (χ4n) is 4.83. The molecule has 23 nitrogen and oxygen atoms in total. The summed E-state index contributed by atoms with van der Waals surface area (Å²) in [4.78, 5) is 43.8. The molecule has 4 aromatic rings. The largest absolute Gasteiger partial charge is 0.472 e. The van der Waals surface area contributed by atoms with Crippen molar-refractivity contribution in [2.24, 2.45) is 0 Å². The van der Waals surface area contributed by atoms with Crippen LogP contribution in [0.5, 0.6) is 0 Å². The second-order valence-electron chi connectivity index (χ2n) is 9.57. The summed E-state index contributed by atoms with van der Waals surface area (Å²) in [5.41, 5.74) is 11.1. The van der Waals surface area contributed by atoms with Gasteiger partial charge in [0.25, 0.3) is 5.56 Å². The number of imidazole rings is 1. The van der Waals surface area contributed by atoms with E-state index in [1.165, 1.54) is 16.9 Å². The van der Waals surface area contributed by atoms with E-state index in [2.05, 4.69) is 30.2 Å². The van der Waals surface area contributed by atoms with Gasteiger partial charge in [0.2, 0.25) is 5.95 Å². The van der Waals surface area contributed by atoms with Gasteiger partial charge in [-0.05, 0) is 6.07 Å². The molecular weight excluding hydrogens is 650 g/mol. The van der Waals surface area contributed by atoms with Crippen LogP contribution in [0, 0.1) is 0 Å². The Bertz CT molecular complexity index is 1790. The number of anilines is 2. The van der Waals surface area contributed by atoms with Crippen molar-refractivity contribution in [1.29, 1.82) is 0 Å². The summed E-state index contributed by atoms with van der Waals surface area (Å²) in [6.45, 7) is -1.45. The molecule has 1 unspecified atom stereocenters. The quantitative estimate of drug-likeness (QED) is 0.0824. The average Bonchev–Trinajstić information content (AvgIpc) is 3.74. The molecular formula is C20H26N10O13P2. The molecule has 2 aliphatic heterocycles. The normalized spacial score (nSPS) is 29.6. The molecule has 9 atom stereocenters. The molecule has 45 heavy (non-hydrogen) atoms. The maximum atomic E-state index is 13.0. The molecule has 6 heterocycles. The monoisotopic (exact) mass is 676 g/mol. The molecule has 0 spiro atoms. The molecule has 11 N–H and O–H groups in total. The smallest absolute Gasteiger partial charge is 0.394 e. The zero-order valence-corrected chi connectivity index (χ0v) is 24.3. The average molecular weight is 676 g/mol. The zero-order chi connectivity index (χ0) is 32.6. The van der Waals surface area contributed by atoms with Crippen molar-refractivity contribution >= 4 is 50.5 Å². The number of aliphatic hydroxyl groups excluding tert-OH is 4. The summed E-state index contributed by atoms with van der Waals surface area (Å²) in [7, 11) is -5.89. The molecule has 0 bridgehead atoms. The molecule has 244 valence electrons. The molecule has 2 saturated heterocycles. The van der Waals surface area contributed by atoms with Crippen LogP contribution >= 0.6 is 16.5 Å². The van der Waals surface area contributed by atoms with Crippen LogP contribution in [0.3, 0.4) is 0 Å². The third-order valence-corrected chi connectivity index (χ3v) is 7.86. The number of hydrogen-bond donors (Lipinski definition) is 9. The van der Waals surface area contributed by atoms with Crippen LogP contribution in [-0.2, 0) is 27.7 Å². The fourth-order valence-corrected chi connectivity index (χ4v) is 5.77. The van der Waals surface area contributed by atoms with Crippen molar-refractivity contribution in [2.75, 3.05) is 24.7 Å². The van der Waals surface area contributed by atoms with Gasteiger partial charge < -0.3 is 51.2 Å². The number of hydrogen-bond acceptors (Lipinski definition) is 18. The number of nitrogens with one attached hydrogen (secondary N) is 1. The van der Waals surface area contributed by atoms with Crippen molar-refractivity contribution in [3.63, 3.8) is 0 Å². The van der Waals surface area contributed by atoms with Crippen LogP contribution in [0.15, 0.2) is 23.4 Å². The Hall–Kier alpha value is -3.57. The van der Waals surface area contributed by atoms with Crippen LogP contribution < -0.4 is 17.0 Å². The summed E-state index contributed by atoms with van der Waals surface area (Å²) >= 11 is 0. The van der Waals surface area contributed by atoms with Crippen LogP contribution in [0.25, 0.3) is 22.2 Å². The van der Waals surface area contributed by atoms with Gasteiger partial charge in [0, 0.05) is 6.20 Å². The van der Waals surface area contributed by atoms with Gasteiger partial charge in [-0.2, -0.15) is 4.98 Å². The summed E-state index contributed by atoms with van der Waals surface area (Å²) in [5.74, 6) is -0.172. The fraction of sp³-hybridized carbons (Fsp3) is 0.500. The first kappa shape index (κ1) is 32.8. The summed E-state index contributed by atoms with van der Waals surface area (Å²) in [6, 6.07) is 1.52. The van der Waals surface area contributed by atoms with Crippen molar-refractivity contribution < 1.29 is 57.9 Å². The van der Waals surface area contributed by atoms with Gasteiger partial charge in [0.15, 0.2) is 35.0 Å². The van der Waals surface area contributed by atoms with E-state index in [0.717, 1.165) is 10.9 Å². The van der Waals surface area contributed by atoms with Crippen molar-refractivity contribution in [2.45, 2.75) is 49.1 Å². The number of fused-ring (bicyclic) bond motifs is 2. The highest BCUT2D eigenvalue weighted by Gasteiger charge is 2.50. The molecule has 0 amide bonds. The molecule has 0 saturated carbocycles. The highest BCUT2D eigenvalue weighted by atomic mass is 31.2. The van der Waals surface area contributed by atoms with E-state index < -0.39 is 84.4 Å². The minimum atomic E-state index is -5.06. The third-order valence-electron chi connectivity index (χ3n) is 6.87. The number of aromatic nitrogens is 8. The number of aromatic amines is 1. The Morgan fingerprint density at radius 1 is 1.09 bits per heavy atom. The number of pyridine rings is 1. The minimum Gasteiger partial charge on any atom is -0.394 e. The lowest BCUT2D eigenvalue weighted by atomic mass is 10.1. The highest BCUT2D eigenvalue weighted by Crippen LogP contribution is 2.50. The summed E-state index contributed by atoms with van der Waals surface area (Å²) in [5, 5.41) is 49.3. The van der Waals surface area contributed by atoms with Gasteiger partial charge in [0.1, 0.15) is 36.6 Å². The summed E-state index contributed by atoms with van der Waals surface area (Å²) in [6.07, 6.45) is -9.22. The number of nitrogens with zero attached hydrogens (tertiary/aromatic N) is 7. The minimum absolute atomic E-state index is 0.0830. The van der Waals surface area contributed by atoms with E-state index in [-0.39, 0.29) is 28.4 Å². The standard InChI is InChI=1S/C20H25N10O11P.HO2P/c21-15-9-6(1-2-23-15)30(28-27-9)18-13(34)11(32)8(40-18)4-38-42(36,37)41-14-12(33)7(3-31)39-19(14)29-5-24-10-16(29)25-20(22)26-17(10)35;1-3-2/h1-2,5,7-8,11-14,18-19,31-34H,3-4H2,(H2,21,23)(H,36,37)(H3,22,25,26,35);(H,1,2)/t7-,8-,11-,12-,13-,14-,18-,19-;/m1./s1. The number of H-pyrrole nitrogens is 1. The van der Waals surface area contributed by atoms with Gasteiger partial charge >= 0.3 is 16.5 Å². The van der Waals surface area contributed by atoms with Crippen molar-refractivity contribution in [3.05, 3.63) is 28.9 Å². The van der Waals surface area contributed by atoms with E-state index in [4.69, 9.17) is 39.4 Å². The van der Waals surface area contributed by atoms with Gasteiger partial charge in [-0.15, -0.1) is 5.10 Å². The lowest BCUT2D eigenvalue weighted by Gasteiger charge is -2.24.